The Kier molecular flexibility index (Phi) is 1.18. The fourth-order valence-electron chi connectivity index (χ4n) is 0.396. The van der Waals surface area contributed by atoms with Gasteiger partial charge in [0.1, 0.15) is 0 Å². The molecule has 1 aromatic heterocycles. The van der Waals surface area contributed by atoms with Crippen LogP contribution in [0.4, 0.5) is 0 Å². The van der Waals surface area contributed by atoms with Crippen LogP contribution in [0.1, 0.15) is 16.6 Å². The van der Waals surface area contributed by atoms with E-state index in [4.69, 9.17) is 5.73 Å². The topological polar surface area (TPSA) is 82.0 Å². The largest absolute Gasteiger partial charge is 0.417 e. The smallest absolute Gasteiger partial charge is 0.306 e. The Hall–Kier alpha value is -1.39. The number of nitrogens with two attached hydrogens (primary N) is 1. The van der Waals surface area contributed by atoms with Gasteiger partial charge in [-0.3, -0.25) is 4.79 Å². The highest BCUT2D eigenvalue weighted by Gasteiger charge is 2.06. The lowest BCUT2D eigenvalue weighted by molar-refractivity contribution is 0.0966. The lowest BCUT2D eigenvalue weighted by Crippen LogP contribution is -2.10. The summed E-state index contributed by atoms with van der Waals surface area (Å²) in [6, 6.07) is 0. The third-order valence-corrected chi connectivity index (χ3v) is 0.737. The molecule has 2 N–H and O–H groups in total. The minimum Gasteiger partial charge on any atom is -0.417 e. The number of amides is 1. The van der Waals surface area contributed by atoms with Crippen LogP contribution in [0.5, 0.6) is 0 Å². The summed E-state index contributed by atoms with van der Waals surface area (Å²) in [6.07, 6.45) is 0. The minimum absolute atomic E-state index is 0.146. The number of carbonyl (C=O) groups is 1. The molecular weight excluding hydrogens is 122 g/mol. The van der Waals surface area contributed by atoms with E-state index in [9.17, 15) is 4.79 Å². The van der Waals surface area contributed by atoms with Crippen molar-refractivity contribution in [2.24, 2.45) is 5.73 Å². The number of carbonyl (C=O) groups excluding carboxylic acids is 1. The summed E-state index contributed by atoms with van der Waals surface area (Å²) < 4.78 is 4.65. The van der Waals surface area contributed by atoms with Gasteiger partial charge >= 0.3 is 11.8 Å². The van der Waals surface area contributed by atoms with Gasteiger partial charge in [0.15, 0.2) is 0 Å². The molecule has 0 spiro atoms. The molecule has 48 valence electrons. The molecule has 0 aliphatic carbocycles. The van der Waals surface area contributed by atoms with Crippen LogP contribution >= 0.6 is 0 Å². The first-order valence-electron chi connectivity index (χ1n) is 2.30. The minimum atomic E-state index is -0.699. The average molecular weight is 127 g/mol. The second kappa shape index (κ2) is 1.85. The highest BCUT2D eigenvalue weighted by Crippen LogP contribution is 1.94. The molecular formula is C4H5N3O2. The van der Waals surface area contributed by atoms with E-state index in [1.807, 2.05) is 0 Å². The lowest BCUT2D eigenvalue weighted by Gasteiger charge is -1.78. The number of aromatic nitrogens is 2. The molecule has 1 rings (SSSR count). The molecule has 1 heterocycles. The van der Waals surface area contributed by atoms with E-state index >= 15 is 0 Å². The summed E-state index contributed by atoms with van der Waals surface area (Å²) in [5, 5.41) is 6.74. The Morgan fingerprint density at radius 3 is 2.56 bits per heavy atom. The summed E-state index contributed by atoms with van der Waals surface area (Å²) in [7, 11) is 0. The normalized spacial score (nSPS) is 9.44. The zero-order valence-electron chi connectivity index (χ0n) is 4.79. The van der Waals surface area contributed by atoms with Gasteiger partial charge in [0, 0.05) is 6.92 Å². The van der Waals surface area contributed by atoms with Gasteiger partial charge in [0.25, 0.3) is 0 Å². The van der Waals surface area contributed by atoms with Gasteiger partial charge in [0.05, 0.1) is 0 Å². The lowest BCUT2D eigenvalue weighted by atomic mass is 10.6. The molecule has 5 nitrogen and oxygen atoms in total. The number of hydrogen-bond acceptors (Lipinski definition) is 4. The first-order valence-corrected chi connectivity index (χ1v) is 2.30. The van der Waals surface area contributed by atoms with Gasteiger partial charge < -0.3 is 10.2 Å². The van der Waals surface area contributed by atoms with Gasteiger partial charge in [-0.2, -0.15) is 0 Å². The highest BCUT2D eigenvalue weighted by atomic mass is 16.4. The molecule has 1 aromatic rings. The fourth-order valence-corrected chi connectivity index (χ4v) is 0.396. The van der Waals surface area contributed by atoms with E-state index < -0.39 is 5.91 Å². The molecule has 0 radical (unpaired) electrons. The van der Waals surface area contributed by atoms with Crippen molar-refractivity contribution in [3.63, 3.8) is 0 Å². The van der Waals surface area contributed by atoms with E-state index in [0.717, 1.165) is 0 Å². The van der Waals surface area contributed by atoms with E-state index in [1.165, 1.54) is 0 Å². The molecule has 0 saturated heterocycles. The van der Waals surface area contributed by atoms with Crippen LogP contribution in [0, 0.1) is 6.92 Å². The zero-order valence-corrected chi connectivity index (χ0v) is 4.79. The Bertz CT molecular complexity index is 229. The maximum Gasteiger partial charge on any atom is 0.306 e. The van der Waals surface area contributed by atoms with Crippen molar-refractivity contribution < 1.29 is 9.21 Å². The average Bonchev–Trinajstić information content (AvgIpc) is 2.14. The number of hydrogen-bond donors (Lipinski definition) is 1. The zero-order chi connectivity index (χ0) is 6.85. The summed E-state index contributed by atoms with van der Waals surface area (Å²) >= 11 is 0. The molecule has 0 saturated carbocycles. The second-order valence-electron chi connectivity index (χ2n) is 1.49. The summed E-state index contributed by atoms with van der Waals surface area (Å²) in [6.45, 7) is 1.58. The Morgan fingerprint density at radius 2 is 2.33 bits per heavy atom. The van der Waals surface area contributed by atoms with Crippen LogP contribution in [-0.4, -0.2) is 16.1 Å². The van der Waals surface area contributed by atoms with Crippen LogP contribution in [0.25, 0.3) is 0 Å². The summed E-state index contributed by atoms with van der Waals surface area (Å²) in [5.74, 6) is -0.507. The van der Waals surface area contributed by atoms with Crippen molar-refractivity contribution >= 4 is 5.91 Å². The maximum absolute atomic E-state index is 10.2. The predicted octanol–water partition coefficient (Wildman–Crippen LogP) is -0.523. The van der Waals surface area contributed by atoms with Crippen molar-refractivity contribution in [2.45, 2.75) is 6.92 Å². The molecule has 0 bridgehead atoms. The third-order valence-electron chi connectivity index (χ3n) is 0.737. The van der Waals surface area contributed by atoms with Crippen molar-refractivity contribution in [1.29, 1.82) is 0 Å². The molecule has 0 aliphatic heterocycles. The number of nitrogens with zero attached hydrogens (tertiary/aromatic N) is 2. The van der Waals surface area contributed by atoms with Crippen molar-refractivity contribution in [2.75, 3.05) is 0 Å². The SMILES string of the molecule is Cc1nnc(C(N)=O)o1. The second-order valence-corrected chi connectivity index (χ2v) is 1.49. The molecule has 9 heavy (non-hydrogen) atoms. The van der Waals surface area contributed by atoms with Gasteiger partial charge in [-0.1, -0.05) is 0 Å². The van der Waals surface area contributed by atoms with Crippen molar-refractivity contribution in [1.82, 2.24) is 10.2 Å². The van der Waals surface area contributed by atoms with Crippen molar-refractivity contribution in [3.8, 4) is 0 Å². The van der Waals surface area contributed by atoms with Crippen LogP contribution < -0.4 is 5.73 Å². The van der Waals surface area contributed by atoms with Crippen LogP contribution in [-0.2, 0) is 0 Å². The number of rotatable bonds is 1. The van der Waals surface area contributed by atoms with Crippen LogP contribution in [0.3, 0.4) is 0 Å². The monoisotopic (exact) mass is 127 g/mol. The summed E-state index contributed by atoms with van der Waals surface area (Å²) in [5.41, 5.74) is 4.79. The molecule has 1 amide bonds. The van der Waals surface area contributed by atoms with E-state index in [0.29, 0.717) is 5.89 Å². The molecule has 5 heteroatoms. The predicted molar refractivity (Wildman–Crippen MR) is 27.6 cm³/mol. The fraction of sp³-hybridized carbons (Fsp3) is 0.250. The molecule has 0 aromatic carbocycles. The maximum atomic E-state index is 10.2. The van der Waals surface area contributed by atoms with E-state index in [1.54, 1.807) is 6.92 Å². The molecule has 0 unspecified atom stereocenters. The Morgan fingerprint density at radius 1 is 1.67 bits per heavy atom. The highest BCUT2D eigenvalue weighted by molar-refractivity contribution is 5.87. The van der Waals surface area contributed by atoms with Crippen molar-refractivity contribution in [3.05, 3.63) is 11.8 Å². The first-order chi connectivity index (χ1) is 4.20. The molecule has 0 atom stereocenters. The number of aryl methyl sites for hydroxylation is 1. The van der Waals surface area contributed by atoms with E-state index in [-0.39, 0.29) is 5.89 Å². The van der Waals surface area contributed by atoms with Gasteiger partial charge in [-0.25, -0.2) is 0 Å². The first kappa shape index (κ1) is 5.74. The third kappa shape index (κ3) is 1.04. The quantitative estimate of drug-likeness (QED) is 0.550. The van der Waals surface area contributed by atoms with Crippen LogP contribution in [0.2, 0.25) is 0 Å². The van der Waals surface area contributed by atoms with Gasteiger partial charge in [0.2, 0.25) is 5.89 Å². The molecule has 0 fully saturated rings. The van der Waals surface area contributed by atoms with E-state index in [2.05, 4.69) is 14.6 Å². The van der Waals surface area contributed by atoms with Gasteiger partial charge in [-0.05, 0) is 0 Å². The van der Waals surface area contributed by atoms with Gasteiger partial charge in [-0.15, -0.1) is 10.2 Å². The Labute approximate surface area is 50.9 Å². The number of primary amides is 1. The molecule has 0 aliphatic rings. The summed E-state index contributed by atoms with van der Waals surface area (Å²) in [4.78, 5) is 10.2. The Balaban J connectivity index is 2.98. The van der Waals surface area contributed by atoms with Crippen LogP contribution in [0.15, 0.2) is 4.42 Å². The standard InChI is InChI=1S/C4H5N3O2/c1-2-6-7-4(9-2)3(5)8/h1H3,(H2,5,8).